The highest BCUT2D eigenvalue weighted by molar-refractivity contribution is 5.98. The number of nitrogens with zero attached hydrogens (tertiary/aromatic N) is 1. The lowest BCUT2D eigenvalue weighted by molar-refractivity contribution is -0.136. The van der Waals surface area contributed by atoms with Crippen LogP contribution in [0, 0.1) is 13.8 Å². The van der Waals surface area contributed by atoms with E-state index in [0.29, 0.717) is 11.3 Å². The zero-order valence-electron chi connectivity index (χ0n) is 18.1. The number of hydrogen-bond acceptors (Lipinski definition) is 4. The second-order valence-corrected chi connectivity index (χ2v) is 8.62. The van der Waals surface area contributed by atoms with Crippen LogP contribution < -0.4 is 10.6 Å². The van der Waals surface area contributed by atoms with Crippen molar-refractivity contribution in [3.8, 4) is 0 Å². The number of fused-ring (bicyclic) bond motifs is 1. The standard InChI is InChI=1S/C25H25N3O4/c1-14-7-8-15(2)18(11-14)23-22-20(13-32-24(22)30)28(25(31)27-23)12-21(29)26-19-10-9-16-5-3-4-6-17(16)19/h3-8,11,19,23H,9-10,12-13H2,1-2H3,(H,26,29)(H,27,31)/t19-,23+/m1/s1. The van der Waals surface area contributed by atoms with Gasteiger partial charge in [0.1, 0.15) is 13.2 Å². The fourth-order valence-corrected chi connectivity index (χ4v) is 4.87. The van der Waals surface area contributed by atoms with Crippen molar-refractivity contribution in [1.82, 2.24) is 15.5 Å². The summed E-state index contributed by atoms with van der Waals surface area (Å²) in [5, 5.41) is 5.96. The second-order valence-electron chi connectivity index (χ2n) is 8.62. The van der Waals surface area contributed by atoms with Crippen molar-refractivity contribution >= 4 is 17.9 Å². The van der Waals surface area contributed by atoms with E-state index in [1.165, 1.54) is 10.5 Å². The SMILES string of the molecule is Cc1ccc(C)c([C@@H]2NC(=O)N(CC(=O)N[C@@H]3CCc4ccccc43)C3=C2C(=O)OC3)c1. The molecule has 3 amide bonds. The molecule has 2 aliphatic heterocycles. The van der Waals surface area contributed by atoms with Gasteiger partial charge < -0.3 is 15.4 Å². The summed E-state index contributed by atoms with van der Waals surface area (Å²) < 4.78 is 5.28. The Bertz CT molecular complexity index is 1170. The van der Waals surface area contributed by atoms with E-state index < -0.39 is 18.0 Å². The predicted molar refractivity (Wildman–Crippen MR) is 118 cm³/mol. The molecule has 2 N–H and O–H groups in total. The lowest BCUT2D eigenvalue weighted by Gasteiger charge is -2.33. The highest BCUT2D eigenvalue weighted by Crippen LogP contribution is 2.36. The summed E-state index contributed by atoms with van der Waals surface area (Å²) in [6.07, 6.45) is 1.75. The summed E-state index contributed by atoms with van der Waals surface area (Å²) in [4.78, 5) is 39.8. The number of urea groups is 1. The first-order valence-corrected chi connectivity index (χ1v) is 10.8. The third kappa shape index (κ3) is 3.43. The van der Waals surface area contributed by atoms with Crippen molar-refractivity contribution < 1.29 is 19.1 Å². The smallest absolute Gasteiger partial charge is 0.338 e. The number of cyclic esters (lactones) is 1. The molecule has 1 aliphatic carbocycles. The van der Waals surface area contributed by atoms with Crippen LogP contribution in [0.3, 0.4) is 0 Å². The van der Waals surface area contributed by atoms with E-state index in [1.54, 1.807) is 0 Å². The molecule has 3 aliphatic rings. The first-order valence-electron chi connectivity index (χ1n) is 10.8. The first-order chi connectivity index (χ1) is 15.4. The van der Waals surface area contributed by atoms with Crippen LogP contribution in [0.1, 0.15) is 46.3 Å². The molecular weight excluding hydrogens is 406 g/mol. The highest BCUT2D eigenvalue weighted by atomic mass is 16.5. The number of aryl methyl sites for hydroxylation is 3. The van der Waals surface area contributed by atoms with Crippen LogP contribution in [-0.4, -0.2) is 36.0 Å². The molecular formula is C25H25N3O4. The molecule has 7 heteroatoms. The molecule has 2 atom stereocenters. The van der Waals surface area contributed by atoms with Gasteiger partial charge in [-0.3, -0.25) is 9.69 Å². The van der Waals surface area contributed by atoms with Crippen molar-refractivity contribution in [2.45, 2.75) is 38.8 Å². The maximum atomic E-state index is 13.0. The van der Waals surface area contributed by atoms with Gasteiger partial charge in [0, 0.05) is 0 Å². The summed E-state index contributed by atoms with van der Waals surface area (Å²) in [6.45, 7) is 3.73. The molecule has 0 saturated carbocycles. The fraction of sp³-hybridized carbons (Fsp3) is 0.320. The molecule has 0 aromatic heterocycles. The third-order valence-corrected chi connectivity index (χ3v) is 6.51. The van der Waals surface area contributed by atoms with Crippen LogP contribution >= 0.6 is 0 Å². The summed E-state index contributed by atoms with van der Waals surface area (Å²) >= 11 is 0. The minimum absolute atomic E-state index is 0.0114. The van der Waals surface area contributed by atoms with Gasteiger partial charge in [-0.2, -0.15) is 0 Å². The molecule has 0 unspecified atom stereocenters. The van der Waals surface area contributed by atoms with Crippen LogP contribution in [-0.2, 0) is 20.7 Å². The topological polar surface area (TPSA) is 87.7 Å². The summed E-state index contributed by atoms with van der Waals surface area (Å²) in [7, 11) is 0. The van der Waals surface area contributed by atoms with Crippen molar-refractivity contribution in [2.24, 2.45) is 0 Å². The molecule has 0 bridgehead atoms. The molecule has 2 aromatic carbocycles. The van der Waals surface area contributed by atoms with Crippen molar-refractivity contribution in [2.75, 3.05) is 13.2 Å². The zero-order chi connectivity index (χ0) is 22.4. The Balaban J connectivity index is 1.39. The molecule has 0 spiro atoms. The highest BCUT2D eigenvalue weighted by Gasteiger charge is 2.43. The van der Waals surface area contributed by atoms with Gasteiger partial charge in [-0.05, 0) is 48.9 Å². The third-order valence-electron chi connectivity index (χ3n) is 6.51. The number of rotatable bonds is 4. The number of esters is 1. The molecule has 164 valence electrons. The number of ether oxygens (including phenoxy) is 1. The number of hydrogen-bond donors (Lipinski definition) is 2. The number of nitrogens with one attached hydrogen (secondary N) is 2. The molecule has 7 nitrogen and oxygen atoms in total. The second kappa shape index (κ2) is 7.82. The van der Waals surface area contributed by atoms with Gasteiger partial charge in [-0.15, -0.1) is 0 Å². The van der Waals surface area contributed by atoms with Gasteiger partial charge in [0.05, 0.1) is 23.4 Å². The van der Waals surface area contributed by atoms with Gasteiger partial charge in [0.2, 0.25) is 5.91 Å². The monoisotopic (exact) mass is 431 g/mol. The van der Waals surface area contributed by atoms with Crippen molar-refractivity contribution in [3.05, 3.63) is 81.6 Å². The lowest BCUT2D eigenvalue weighted by atomic mass is 9.91. The molecule has 2 aromatic rings. The first kappa shape index (κ1) is 20.3. The minimum Gasteiger partial charge on any atom is -0.456 e. The van der Waals surface area contributed by atoms with E-state index in [0.717, 1.165) is 35.1 Å². The van der Waals surface area contributed by atoms with Crippen LogP contribution in [0.25, 0.3) is 0 Å². The Kier molecular flexibility index (Phi) is 4.96. The Morgan fingerprint density at radius 1 is 1.16 bits per heavy atom. The molecule has 0 fully saturated rings. The normalized spacial score (nSPS) is 21.8. The van der Waals surface area contributed by atoms with Crippen LogP contribution in [0.2, 0.25) is 0 Å². The average molecular weight is 431 g/mol. The number of carbonyl (C=O) groups excluding carboxylic acids is 3. The van der Waals surface area contributed by atoms with Crippen LogP contribution in [0.5, 0.6) is 0 Å². The summed E-state index contributed by atoms with van der Waals surface area (Å²) in [5.74, 6) is -0.723. The number of carbonyl (C=O) groups is 3. The van der Waals surface area contributed by atoms with Crippen molar-refractivity contribution in [1.29, 1.82) is 0 Å². The molecule has 0 radical (unpaired) electrons. The van der Waals surface area contributed by atoms with Gasteiger partial charge in [-0.1, -0.05) is 48.0 Å². The van der Waals surface area contributed by atoms with E-state index in [-0.39, 0.29) is 25.1 Å². The fourth-order valence-electron chi connectivity index (χ4n) is 4.87. The summed E-state index contributed by atoms with van der Waals surface area (Å²) in [5.41, 5.74) is 6.09. The zero-order valence-corrected chi connectivity index (χ0v) is 18.1. The molecule has 32 heavy (non-hydrogen) atoms. The van der Waals surface area contributed by atoms with E-state index in [2.05, 4.69) is 16.7 Å². The Morgan fingerprint density at radius 3 is 2.81 bits per heavy atom. The predicted octanol–water partition coefficient (Wildman–Crippen LogP) is 2.98. The quantitative estimate of drug-likeness (QED) is 0.729. The Morgan fingerprint density at radius 2 is 1.97 bits per heavy atom. The number of benzene rings is 2. The summed E-state index contributed by atoms with van der Waals surface area (Å²) in [6, 6.07) is 12.9. The van der Waals surface area contributed by atoms with Crippen LogP contribution in [0.4, 0.5) is 4.79 Å². The maximum absolute atomic E-state index is 13.0. The van der Waals surface area contributed by atoms with Gasteiger partial charge in [0.25, 0.3) is 0 Å². The maximum Gasteiger partial charge on any atom is 0.338 e. The minimum atomic E-state index is -0.589. The van der Waals surface area contributed by atoms with Gasteiger partial charge >= 0.3 is 12.0 Å². The molecule has 5 rings (SSSR count). The van der Waals surface area contributed by atoms with E-state index in [4.69, 9.17) is 4.74 Å². The largest absolute Gasteiger partial charge is 0.456 e. The van der Waals surface area contributed by atoms with Crippen molar-refractivity contribution in [3.63, 3.8) is 0 Å². The van der Waals surface area contributed by atoms with E-state index >= 15 is 0 Å². The van der Waals surface area contributed by atoms with Gasteiger partial charge in [-0.25, -0.2) is 9.59 Å². The molecule has 2 heterocycles. The van der Waals surface area contributed by atoms with E-state index in [1.807, 2.05) is 50.2 Å². The van der Waals surface area contributed by atoms with E-state index in [9.17, 15) is 14.4 Å². The van der Waals surface area contributed by atoms with Gasteiger partial charge in [0.15, 0.2) is 0 Å². The van der Waals surface area contributed by atoms with Crippen LogP contribution in [0.15, 0.2) is 53.7 Å². The Hall–Kier alpha value is -3.61. The Labute approximate surface area is 186 Å². The number of amides is 3. The molecule has 0 saturated heterocycles. The average Bonchev–Trinajstić information content (AvgIpc) is 3.36. The lowest BCUT2D eigenvalue weighted by Crippen LogP contribution is -2.50.